The Bertz CT molecular complexity index is 477. The lowest BCUT2D eigenvalue weighted by atomic mass is 10.3. The molecular formula is C12H17ClN4O2. The molecule has 19 heavy (non-hydrogen) atoms. The fraction of sp³-hybridized carbons (Fsp3) is 0.500. The Morgan fingerprint density at radius 3 is 2.68 bits per heavy atom. The summed E-state index contributed by atoms with van der Waals surface area (Å²) in [5.41, 5.74) is 0.205. The highest BCUT2D eigenvalue weighted by Crippen LogP contribution is 2.18. The Labute approximate surface area is 117 Å². The van der Waals surface area contributed by atoms with Crippen LogP contribution in [0.1, 0.15) is 36.5 Å². The number of aldehydes is 1. The highest BCUT2D eigenvalue weighted by Gasteiger charge is 2.11. The molecule has 0 fully saturated rings. The van der Waals surface area contributed by atoms with E-state index in [2.05, 4.69) is 20.6 Å². The topological polar surface area (TPSA) is 84.0 Å². The number of carbonyl (C=O) groups excluding carboxylic acids is 2. The van der Waals surface area contributed by atoms with Crippen molar-refractivity contribution < 1.29 is 9.59 Å². The SMILES string of the molecule is Cc1nc(Cl)c(C=O)c(NCCC(=O)NC(C)C)n1. The number of nitrogens with zero attached hydrogens (tertiary/aromatic N) is 2. The lowest BCUT2D eigenvalue weighted by molar-refractivity contribution is -0.121. The second kappa shape index (κ2) is 7.04. The Kier molecular flexibility index (Phi) is 5.69. The predicted octanol–water partition coefficient (Wildman–Crippen LogP) is 1.58. The molecule has 0 atom stereocenters. The van der Waals surface area contributed by atoms with E-state index < -0.39 is 0 Å². The van der Waals surface area contributed by atoms with Crippen LogP contribution < -0.4 is 10.6 Å². The number of anilines is 1. The van der Waals surface area contributed by atoms with E-state index in [0.717, 1.165) is 0 Å². The molecule has 0 aliphatic heterocycles. The van der Waals surface area contributed by atoms with Crippen molar-refractivity contribution >= 4 is 29.6 Å². The van der Waals surface area contributed by atoms with Crippen molar-refractivity contribution in [2.24, 2.45) is 0 Å². The largest absolute Gasteiger partial charge is 0.369 e. The maximum Gasteiger partial charge on any atom is 0.221 e. The van der Waals surface area contributed by atoms with Crippen molar-refractivity contribution in [1.29, 1.82) is 0 Å². The Morgan fingerprint density at radius 2 is 2.11 bits per heavy atom. The molecule has 1 aromatic heterocycles. The van der Waals surface area contributed by atoms with Crippen molar-refractivity contribution in [2.45, 2.75) is 33.2 Å². The monoisotopic (exact) mass is 284 g/mol. The van der Waals surface area contributed by atoms with Crippen LogP contribution in [-0.4, -0.2) is 34.7 Å². The maximum atomic E-state index is 11.5. The summed E-state index contributed by atoms with van der Waals surface area (Å²) in [6, 6.07) is 0.105. The van der Waals surface area contributed by atoms with Crippen LogP contribution in [-0.2, 0) is 4.79 Å². The summed E-state index contributed by atoms with van der Waals surface area (Å²) in [4.78, 5) is 30.4. The van der Waals surface area contributed by atoms with Crippen LogP contribution >= 0.6 is 11.6 Å². The molecule has 0 saturated heterocycles. The molecule has 7 heteroatoms. The highest BCUT2D eigenvalue weighted by atomic mass is 35.5. The second-order valence-corrected chi connectivity index (χ2v) is 4.70. The van der Waals surface area contributed by atoms with Gasteiger partial charge in [-0.1, -0.05) is 11.6 Å². The molecule has 6 nitrogen and oxygen atoms in total. The average molecular weight is 285 g/mol. The third kappa shape index (κ3) is 4.82. The van der Waals surface area contributed by atoms with E-state index >= 15 is 0 Å². The summed E-state index contributed by atoms with van der Waals surface area (Å²) in [7, 11) is 0. The number of amides is 1. The van der Waals surface area contributed by atoms with Gasteiger partial charge in [-0.25, -0.2) is 9.97 Å². The number of rotatable bonds is 6. The highest BCUT2D eigenvalue weighted by molar-refractivity contribution is 6.32. The van der Waals surface area contributed by atoms with Crippen LogP contribution in [0.5, 0.6) is 0 Å². The third-order valence-electron chi connectivity index (χ3n) is 2.22. The third-order valence-corrected chi connectivity index (χ3v) is 2.51. The maximum absolute atomic E-state index is 11.5. The number of aryl methyl sites for hydroxylation is 1. The van der Waals surface area contributed by atoms with Gasteiger partial charge in [0.2, 0.25) is 5.91 Å². The molecule has 104 valence electrons. The fourth-order valence-corrected chi connectivity index (χ4v) is 1.73. The van der Waals surface area contributed by atoms with E-state index in [0.29, 0.717) is 24.5 Å². The van der Waals surface area contributed by atoms with Gasteiger partial charge in [0.25, 0.3) is 0 Å². The van der Waals surface area contributed by atoms with Crippen LogP contribution in [0.4, 0.5) is 5.82 Å². The van der Waals surface area contributed by atoms with Crippen LogP contribution in [0.25, 0.3) is 0 Å². The molecule has 0 bridgehead atoms. The second-order valence-electron chi connectivity index (χ2n) is 4.34. The number of hydrogen-bond acceptors (Lipinski definition) is 5. The van der Waals surface area contributed by atoms with Gasteiger partial charge in [0.05, 0.1) is 5.56 Å². The summed E-state index contributed by atoms with van der Waals surface area (Å²) in [5.74, 6) is 0.751. The predicted molar refractivity (Wildman–Crippen MR) is 73.6 cm³/mol. The van der Waals surface area contributed by atoms with Gasteiger partial charge in [-0.3, -0.25) is 9.59 Å². The van der Waals surface area contributed by atoms with Crippen molar-refractivity contribution in [2.75, 3.05) is 11.9 Å². The molecule has 2 N–H and O–H groups in total. The molecule has 0 spiro atoms. The summed E-state index contributed by atoms with van der Waals surface area (Å²) in [6.07, 6.45) is 0.884. The van der Waals surface area contributed by atoms with Crippen LogP contribution in [0.15, 0.2) is 0 Å². The quantitative estimate of drug-likeness (QED) is 0.612. The number of hydrogen-bond donors (Lipinski definition) is 2. The minimum absolute atomic E-state index is 0.0629. The van der Waals surface area contributed by atoms with E-state index in [1.54, 1.807) is 6.92 Å². The van der Waals surface area contributed by atoms with Gasteiger partial charge in [-0.15, -0.1) is 0 Å². The smallest absolute Gasteiger partial charge is 0.221 e. The van der Waals surface area contributed by atoms with Crippen LogP contribution in [0, 0.1) is 6.92 Å². The van der Waals surface area contributed by atoms with Gasteiger partial charge in [0, 0.05) is 19.0 Å². The summed E-state index contributed by atoms with van der Waals surface area (Å²) in [6.45, 7) is 5.83. The summed E-state index contributed by atoms with van der Waals surface area (Å²) in [5, 5.41) is 5.80. The molecule has 0 aromatic carbocycles. The van der Waals surface area contributed by atoms with Gasteiger partial charge in [0.1, 0.15) is 16.8 Å². The Balaban J connectivity index is 2.63. The molecule has 0 radical (unpaired) electrons. The van der Waals surface area contributed by atoms with E-state index in [1.165, 1.54) is 0 Å². The first-order valence-electron chi connectivity index (χ1n) is 5.96. The molecule has 0 aliphatic carbocycles. The molecule has 1 aromatic rings. The van der Waals surface area contributed by atoms with Crippen molar-refractivity contribution in [3.05, 3.63) is 16.5 Å². The number of nitrogens with one attached hydrogen (secondary N) is 2. The zero-order valence-electron chi connectivity index (χ0n) is 11.2. The first-order chi connectivity index (χ1) is 8.93. The minimum Gasteiger partial charge on any atom is -0.369 e. The molecule has 1 heterocycles. The van der Waals surface area contributed by atoms with Crippen molar-refractivity contribution in [1.82, 2.24) is 15.3 Å². The first-order valence-corrected chi connectivity index (χ1v) is 6.34. The Hall–Kier alpha value is -1.69. The van der Waals surface area contributed by atoms with Gasteiger partial charge >= 0.3 is 0 Å². The number of halogens is 1. The zero-order chi connectivity index (χ0) is 14.4. The molecule has 0 saturated carbocycles. The van der Waals surface area contributed by atoms with E-state index in [4.69, 9.17) is 11.6 Å². The molecule has 1 amide bonds. The molecule has 0 unspecified atom stereocenters. The van der Waals surface area contributed by atoms with Gasteiger partial charge in [0.15, 0.2) is 6.29 Å². The van der Waals surface area contributed by atoms with Crippen LogP contribution in [0.3, 0.4) is 0 Å². The summed E-state index contributed by atoms with van der Waals surface area (Å²) < 4.78 is 0. The first kappa shape index (κ1) is 15.4. The fourth-order valence-electron chi connectivity index (χ4n) is 1.47. The lowest BCUT2D eigenvalue weighted by Crippen LogP contribution is -2.31. The van der Waals surface area contributed by atoms with Crippen molar-refractivity contribution in [3.8, 4) is 0 Å². The van der Waals surface area contributed by atoms with E-state index in [9.17, 15) is 9.59 Å². The standard InChI is InChI=1S/C12H17ClN4O2/c1-7(2)15-10(19)4-5-14-12-9(6-18)11(13)16-8(3)17-12/h6-7H,4-5H2,1-3H3,(H,15,19)(H,14,16,17). The van der Waals surface area contributed by atoms with Gasteiger partial charge < -0.3 is 10.6 Å². The zero-order valence-corrected chi connectivity index (χ0v) is 11.9. The van der Waals surface area contributed by atoms with E-state index in [-0.39, 0.29) is 29.1 Å². The minimum atomic E-state index is -0.0629. The van der Waals surface area contributed by atoms with E-state index in [1.807, 2.05) is 13.8 Å². The van der Waals surface area contributed by atoms with Crippen molar-refractivity contribution in [3.63, 3.8) is 0 Å². The lowest BCUT2D eigenvalue weighted by Gasteiger charge is -2.11. The normalized spacial score (nSPS) is 10.4. The molecule has 0 aliphatic rings. The Morgan fingerprint density at radius 1 is 1.42 bits per heavy atom. The molecule has 1 rings (SSSR count). The van der Waals surface area contributed by atoms with Gasteiger partial charge in [-0.2, -0.15) is 0 Å². The average Bonchev–Trinajstić information content (AvgIpc) is 2.27. The van der Waals surface area contributed by atoms with Crippen LogP contribution in [0.2, 0.25) is 5.15 Å². The number of aromatic nitrogens is 2. The van der Waals surface area contributed by atoms with Gasteiger partial charge in [-0.05, 0) is 20.8 Å². The number of carbonyl (C=O) groups is 2. The molecular weight excluding hydrogens is 268 g/mol. The summed E-state index contributed by atoms with van der Waals surface area (Å²) >= 11 is 5.84.